The maximum Gasteiger partial charge on any atom is 1.00 e. The quantitative estimate of drug-likeness (QED) is 0.175. The van der Waals surface area contributed by atoms with Crippen molar-refractivity contribution in [1.82, 2.24) is 0 Å². The molecule has 1 aromatic carbocycles. The van der Waals surface area contributed by atoms with Crippen LogP contribution in [0, 0.1) is 10.1 Å². The molecule has 0 atom stereocenters. The normalized spacial score (nSPS) is 11.0. The number of benzene rings is 1. The molecule has 0 spiro atoms. The molecule has 0 fully saturated rings. The van der Waals surface area contributed by atoms with Crippen molar-refractivity contribution in [2.75, 3.05) is 0 Å². The van der Waals surface area contributed by atoms with E-state index in [1.165, 1.54) is 31.2 Å². The smallest absolute Gasteiger partial charge is 0.545 e. The summed E-state index contributed by atoms with van der Waals surface area (Å²) in [6, 6.07) is 5.09. The minimum atomic E-state index is -1.56. The number of carbonyl (C=O) groups is 2. The number of non-ortho nitro benzene ring substituents is 1. The molecule has 0 aliphatic rings. The third-order valence-corrected chi connectivity index (χ3v) is 2.39. The molecule has 0 N–H and O–H groups in total. The van der Waals surface area contributed by atoms with E-state index in [0.29, 0.717) is 11.6 Å². The van der Waals surface area contributed by atoms with Crippen molar-refractivity contribution in [1.29, 1.82) is 0 Å². The van der Waals surface area contributed by atoms with Gasteiger partial charge < -0.3 is 19.8 Å². The number of nitro groups is 1. The summed E-state index contributed by atoms with van der Waals surface area (Å²) < 4.78 is 0. The Balaban J connectivity index is 0. The zero-order chi connectivity index (χ0) is 15.3. The van der Waals surface area contributed by atoms with Gasteiger partial charge in [-0.2, -0.15) is 0 Å². The number of hydrogen-bond acceptors (Lipinski definition) is 6. The van der Waals surface area contributed by atoms with Crippen LogP contribution in [0.5, 0.6) is 0 Å². The summed E-state index contributed by atoms with van der Waals surface area (Å²) in [4.78, 5) is 31.3. The molecule has 104 valence electrons. The van der Waals surface area contributed by atoms with E-state index in [1.807, 2.05) is 0 Å². The minimum Gasteiger partial charge on any atom is -0.545 e. The summed E-state index contributed by atoms with van der Waals surface area (Å²) in [6.45, 7) is 1.28. The molecular weight excluding hydrogens is 312 g/mol. The molecule has 0 saturated carbocycles. The number of carboxylic acid groups (broad SMARTS) is 2. The molecule has 22 heavy (non-hydrogen) atoms. The van der Waals surface area contributed by atoms with Crippen molar-refractivity contribution in [3.8, 4) is 0 Å². The van der Waals surface area contributed by atoms with Crippen LogP contribution in [0.25, 0.3) is 6.08 Å². The number of aliphatic carboxylic acids is 2. The Morgan fingerprint density at radius 1 is 1.09 bits per heavy atom. The Morgan fingerprint density at radius 2 is 1.59 bits per heavy atom. The molecule has 0 amide bonds. The van der Waals surface area contributed by atoms with Crippen LogP contribution in [-0.2, 0) is 9.59 Å². The van der Waals surface area contributed by atoms with Gasteiger partial charge in [0, 0.05) is 17.7 Å². The number of carbonyl (C=O) groups excluding carboxylic acids is 2. The largest absolute Gasteiger partial charge is 1.00 e. The predicted molar refractivity (Wildman–Crippen MR) is 64.8 cm³/mol. The van der Waals surface area contributed by atoms with E-state index in [0.717, 1.165) is 6.08 Å². The van der Waals surface area contributed by atoms with Crippen LogP contribution in [0.4, 0.5) is 5.69 Å². The fraction of sp³-hybridized carbons (Fsp3) is 0.0769. The molecule has 0 saturated heterocycles. The van der Waals surface area contributed by atoms with Gasteiger partial charge in [0.1, 0.15) is 0 Å². The molecular formula is C13H9NNa2O6. The van der Waals surface area contributed by atoms with Gasteiger partial charge in [0.25, 0.3) is 5.69 Å². The van der Waals surface area contributed by atoms with Gasteiger partial charge in [-0.3, -0.25) is 10.1 Å². The first-order valence-electron chi connectivity index (χ1n) is 5.38. The Bertz CT molecular complexity index is 622. The second kappa shape index (κ2) is 10.7. The van der Waals surface area contributed by atoms with Crippen LogP contribution < -0.4 is 69.3 Å². The SMILES string of the molecule is CC(=C\C(=O)[O-])/C(=C\c1ccc([N+](=O)[O-])cc1)C(=O)[O-].[Na+].[Na+]. The molecule has 0 aliphatic heterocycles. The van der Waals surface area contributed by atoms with Gasteiger partial charge in [-0.05, 0) is 42.3 Å². The summed E-state index contributed by atoms with van der Waals surface area (Å²) in [7, 11) is 0. The van der Waals surface area contributed by atoms with Crippen molar-refractivity contribution < 1.29 is 83.8 Å². The maximum absolute atomic E-state index is 11.0. The Labute approximate surface area is 170 Å². The second-order valence-corrected chi connectivity index (χ2v) is 3.84. The van der Waals surface area contributed by atoms with Gasteiger partial charge in [-0.1, -0.05) is 0 Å². The number of rotatable bonds is 5. The molecule has 1 aromatic rings. The second-order valence-electron chi connectivity index (χ2n) is 3.84. The van der Waals surface area contributed by atoms with Crippen molar-refractivity contribution in [3.05, 3.63) is 57.2 Å². The van der Waals surface area contributed by atoms with E-state index in [9.17, 15) is 29.9 Å². The third-order valence-electron chi connectivity index (χ3n) is 2.39. The summed E-state index contributed by atoms with van der Waals surface area (Å²) in [5, 5.41) is 31.8. The fourth-order valence-electron chi connectivity index (χ4n) is 1.45. The Hall–Kier alpha value is -0.960. The molecule has 1 rings (SSSR count). The molecule has 0 radical (unpaired) electrons. The van der Waals surface area contributed by atoms with Crippen LogP contribution in [-0.4, -0.2) is 16.9 Å². The summed E-state index contributed by atoms with van der Waals surface area (Å²) in [5.41, 5.74) is -0.175. The Morgan fingerprint density at radius 3 is 1.95 bits per heavy atom. The molecule has 0 heterocycles. The van der Waals surface area contributed by atoms with Crippen LogP contribution in [0.2, 0.25) is 0 Å². The monoisotopic (exact) mass is 321 g/mol. The van der Waals surface area contributed by atoms with E-state index < -0.39 is 16.9 Å². The number of carboxylic acids is 2. The summed E-state index contributed by atoms with van der Waals surface area (Å²) in [6.07, 6.45) is 1.79. The van der Waals surface area contributed by atoms with Gasteiger partial charge in [0.05, 0.1) is 16.9 Å². The summed E-state index contributed by atoms with van der Waals surface area (Å²) in [5.74, 6) is -3.09. The van der Waals surface area contributed by atoms with Gasteiger partial charge in [-0.25, -0.2) is 0 Å². The molecule has 0 unspecified atom stereocenters. The average Bonchev–Trinajstić information content (AvgIpc) is 2.35. The topological polar surface area (TPSA) is 123 Å². The molecule has 9 heteroatoms. The van der Waals surface area contributed by atoms with Crippen molar-refractivity contribution in [2.45, 2.75) is 6.92 Å². The summed E-state index contributed by atoms with van der Waals surface area (Å²) >= 11 is 0. The van der Waals surface area contributed by atoms with E-state index in [2.05, 4.69) is 0 Å². The predicted octanol–water partition coefficient (Wildman–Crippen LogP) is -6.57. The van der Waals surface area contributed by atoms with Crippen molar-refractivity contribution >= 4 is 23.7 Å². The van der Waals surface area contributed by atoms with Gasteiger partial charge in [0.2, 0.25) is 0 Å². The number of nitrogens with zero attached hydrogens (tertiary/aromatic N) is 1. The fourth-order valence-corrected chi connectivity index (χ4v) is 1.45. The van der Waals surface area contributed by atoms with Gasteiger partial charge >= 0.3 is 59.1 Å². The van der Waals surface area contributed by atoms with Crippen LogP contribution in [0.15, 0.2) is 41.5 Å². The number of nitro benzene ring substituents is 1. The molecule has 0 aromatic heterocycles. The Kier molecular flexibility index (Phi) is 11.4. The average molecular weight is 321 g/mol. The van der Waals surface area contributed by atoms with Crippen LogP contribution >= 0.6 is 0 Å². The maximum atomic E-state index is 11.0. The zero-order valence-corrected chi connectivity index (χ0v) is 16.4. The van der Waals surface area contributed by atoms with Crippen molar-refractivity contribution in [2.24, 2.45) is 0 Å². The van der Waals surface area contributed by atoms with Crippen LogP contribution in [0.1, 0.15) is 12.5 Å². The first kappa shape index (κ1) is 23.3. The first-order valence-corrected chi connectivity index (χ1v) is 5.38. The van der Waals surface area contributed by atoms with Gasteiger partial charge in [-0.15, -0.1) is 0 Å². The zero-order valence-electron chi connectivity index (χ0n) is 12.4. The van der Waals surface area contributed by atoms with Crippen LogP contribution in [0.3, 0.4) is 0 Å². The minimum absolute atomic E-state index is 0. The third kappa shape index (κ3) is 7.35. The molecule has 0 bridgehead atoms. The van der Waals surface area contributed by atoms with E-state index in [1.54, 1.807) is 0 Å². The first-order chi connectivity index (χ1) is 9.31. The van der Waals surface area contributed by atoms with E-state index in [4.69, 9.17) is 0 Å². The van der Waals surface area contributed by atoms with E-state index in [-0.39, 0.29) is 75.9 Å². The van der Waals surface area contributed by atoms with Gasteiger partial charge in [0.15, 0.2) is 0 Å². The number of hydrogen-bond donors (Lipinski definition) is 0. The molecule has 0 aliphatic carbocycles. The molecule has 7 nitrogen and oxygen atoms in total. The standard InChI is InChI=1S/C13H11NO6.2Na/c1-8(6-12(15)16)11(13(17)18)7-9-2-4-10(5-3-9)14(19)20;;/h2-7H,1H3,(H,15,16)(H,17,18);;/q;2*+1/p-2/b8-6+,11-7+;;. The van der Waals surface area contributed by atoms with Crippen molar-refractivity contribution in [3.63, 3.8) is 0 Å². The van der Waals surface area contributed by atoms with E-state index >= 15 is 0 Å².